The van der Waals surface area contributed by atoms with Gasteiger partial charge in [-0.3, -0.25) is 4.55 Å². The van der Waals surface area contributed by atoms with E-state index in [1.165, 1.54) is 6.07 Å². The lowest BCUT2D eigenvalue weighted by atomic mass is 10.1. The molecule has 71 valence electrons. The van der Waals surface area contributed by atoms with E-state index in [2.05, 4.69) is 6.92 Å². The molecular weight excluding hydrogens is 188 g/mol. The molecule has 1 aromatic rings. The van der Waals surface area contributed by atoms with Crippen LogP contribution in [0.1, 0.15) is 18.1 Å². The first kappa shape index (κ1) is 10.2. The van der Waals surface area contributed by atoms with Gasteiger partial charge in [0.2, 0.25) is 0 Å². The van der Waals surface area contributed by atoms with Crippen LogP contribution in [-0.2, 0) is 16.5 Å². The first-order chi connectivity index (χ1) is 5.96. The normalized spacial score (nSPS) is 11.6. The van der Waals surface area contributed by atoms with E-state index in [4.69, 9.17) is 4.55 Å². The largest absolute Gasteiger partial charge is 0.294 e. The molecule has 4 heteroatoms. The summed E-state index contributed by atoms with van der Waals surface area (Å²) in [7, 11) is -4.11. The maximum absolute atomic E-state index is 10.9. The lowest BCUT2D eigenvalue weighted by molar-refractivity contribution is 0.482. The van der Waals surface area contributed by atoms with E-state index >= 15 is 0 Å². The Morgan fingerprint density at radius 3 is 2.46 bits per heavy atom. The summed E-state index contributed by atoms with van der Waals surface area (Å²) in [6.45, 7) is 5.51. The average molecular weight is 199 g/mol. The van der Waals surface area contributed by atoms with E-state index < -0.39 is 10.1 Å². The van der Waals surface area contributed by atoms with Gasteiger partial charge in [0, 0.05) is 0 Å². The Balaban J connectivity index is 3.47. The Kier molecular flexibility index (Phi) is 2.73. The fourth-order valence-corrected chi connectivity index (χ4v) is 2.09. The SMILES string of the molecule is [CH2]c1cccc(S(=O)(=O)O)c1CC. The van der Waals surface area contributed by atoms with E-state index in [9.17, 15) is 8.42 Å². The molecule has 0 fully saturated rings. The summed E-state index contributed by atoms with van der Waals surface area (Å²) in [5, 5.41) is 0. The third kappa shape index (κ3) is 2.08. The van der Waals surface area contributed by atoms with Gasteiger partial charge >= 0.3 is 0 Å². The lowest BCUT2D eigenvalue weighted by Gasteiger charge is -2.07. The highest BCUT2D eigenvalue weighted by molar-refractivity contribution is 7.85. The van der Waals surface area contributed by atoms with Gasteiger partial charge in [-0.25, -0.2) is 0 Å². The van der Waals surface area contributed by atoms with Crippen molar-refractivity contribution in [3.05, 3.63) is 36.2 Å². The molecule has 0 aliphatic rings. The number of hydrogen-bond acceptors (Lipinski definition) is 2. The van der Waals surface area contributed by atoms with Crippen LogP contribution in [-0.4, -0.2) is 13.0 Å². The zero-order chi connectivity index (χ0) is 10.1. The van der Waals surface area contributed by atoms with E-state index in [0.29, 0.717) is 17.5 Å². The number of rotatable bonds is 2. The monoisotopic (exact) mass is 199 g/mol. The minimum Gasteiger partial charge on any atom is -0.282 e. The van der Waals surface area contributed by atoms with Crippen LogP contribution in [0.5, 0.6) is 0 Å². The molecule has 0 bridgehead atoms. The van der Waals surface area contributed by atoms with Gasteiger partial charge in [0.25, 0.3) is 10.1 Å². The summed E-state index contributed by atoms with van der Waals surface area (Å²) >= 11 is 0. The van der Waals surface area contributed by atoms with Gasteiger partial charge < -0.3 is 0 Å². The Bertz CT molecular complexity index is 407. The standard InChI is InChI=1S/C9H11O3S/c1-3-8-7(2)5-4-6-9(8)13(10,11)12/h4-6H,2-3H2,1H3,(H,10,11,12). The Labute approximate surface area is 78.2 Å². The summed E-state index contributed by atoms with van der Waals surface area (Å²) < 4.78 is 30.7. The van der Waals surface area contributed by atoms with Crippen molar-refractivity contribution >= 4 is 10.1 Å². The average Bonchev–Trinajstić information content (AvgIpc) is 2.02. The molecule has 0 aromatic heterocycles. The molecule has 13 heavy (non-hydrogen) atoms. The van der Waals surface area contributed by atoms with Gasteiger partial charge in [-0.15, -0.1) is 0 Å². The molecule has 0 amide bonds. The van der Waals surface area contributed by atoms with Crippen molar-refractivity contribution in [3.8, 4) is 0 Å². The van der Waals surface area contributed by atoms with Crippen molar-refractivity contribution < 1.29 is 13.0 Å². The van der Waals surface area contributed by atoms with Gasteiger partial charge in [0.05, 0.1) is 4.90 Å². The fraction of sp³-hybridized carbons (Fsp3) is 0.222. The summed E-state index contributed by atoms with van der Waals surface area (Å²) in [5.41, 5.74) is 1.21. The van der Waals surface area contributed by atoms with Gasteiger partial charge in [-0.1, -0.05) is 19.1 Å². The van der Waals surface area contributed by atoms with Gasteiger partial charge in [0.1, 0.15) is 0 Å². The first-order valence-electron chi connectivity index (χ1n) is 3.88. The zero-order valence-electron chi connectivity index (χ0n) is 7.32. The molecule has 0 atom stereocenters. The molecule has 1 aromatic carbocycles. The molecule has 0 aliphatic heterocycles. The quantitative estimate of drug-likeness (QED) is 0.737. The molecule has 0 heterocycles. The van der Waals surface area contributed by atoms with Crippen LogP contribution in [0, 0.1) is 6.92 Å². The second-order valence-corrected chi connectivity index (χ2v) is 4.11. The fourth-order valence-electron chi connectivity index (χ4n) is 1.25. The molecule has 1 rings (SSSR count). The van der Waals surface area contributed by atoms with Crippen LogP contribution in [0.2, 0.25) is 0 Å². The highest BCUT2D eigenvalue weighted by Crippen LogP contribution is 2.19. The molecular formula is C9H11O3S. The summed E-state index contributed by atoms with van der Waals surface area (Å²) in [6, 6.07) is 4.65. The smallest absolute Gasteiger partial charge is 0.282 e. The second-order valence-electron chi connectivity index (χ2n) is 2.72. The Morgan fingerprint density at radius 1 is 1.46 bits per heavy atom. The van der Waals surface area contributed by atoms with Crippen molar-refractivity contribution in [1.82, 2.24) is 0 Å². The molecule has 0 saturated heterocycles. The first-order valence-corrected chi connectivity index (χ1v) is 5.32. The third-order valence-corrected chi connectivity index (χ3v) is 2.80. The predicted octanol–water partition coefficient (Wildman–Crippen LogP) is 1.68. The summed E-state index contributed by atoms with van der Waals surface area (Å²) in [5.74, 6) is 0. The van der Waals surface area contributed by atoms with Crippen LogP contribution in [0.15, 0.2) is 23.1 Å². The van der Waals surface area contributed by atoms with Gasteiger partial charge in [-0.05, 0) is 30.5 Å². The van der Waals surface area contributed by atoms with Gasteiger partial charge in [0.15, 0.2) is 0 Å². The second kappa shape index (κ2) is 3.47. The Morgan fingerprint density at radius 2 is 2.08 bits per heavy atom. The van der Waals surface area contributed by atoms with Crippen molar-refractivity contribution in [2.45, 2.75) is 18.2 Å². The molecule has 0 unspecified atom stereocenters. The molecule has 0 aliphatic carbocycles. The van der Waals surface area contributed by atoms with Crippen LogP contribution >= 0.6 is 0 Å². The molecule has 0 spiro atoms. The molecule has 0 saturated carbocycles. The minimum atomic E-state index is -4.11. The Hall–Kier alpha value is -0.870. The molecule has 1 radical (unpaired) electrons. The maximum Gasteiger partial charge on any atom is 0.294 e. The van der Waals surface area contributed by atoms with Crippen molar-refractivity contribution in [1.29, 1.82) is 0 Å². The van der Waals surface area contributed by atoms with E-state index in [0.717, 1.165) is 0 Å². The van der Waals surface area contributed by atoms with E-state index in [1.54, 1.807) is 12.1 Å². The number of hydrogen-bond donors (Lipinski definition) is 1. The van der Waals surface area contributed by atoms with Crippen molar-refractivity contribution in [2.24, 2.45) is 0 Å². The topological polar surface area (TPSA) is 54.4 Å². The lowest BCUT2D eigenvalue weighted by Crippen LogP contribution is -2.03. The number of benzene rings is 1. The zero-order valence-corrected chi connectivity index (χ0v) is 8.13. The minimum absolute atomic E-state index is 0.0394. The van der Waals surface area contributed by atoms with E-state index in [-0.39, 0.29) is 4.90 Å². The summed E-state index contributed by atoms with van der Waals surface area (Å²) in [6.07, 6.45) is 0.537. The predicted molar refractivity (Wildman–Crippen MR) is 50.1 cm³/mol. The van der Waals surface area contributed by atoms with Crippen molar-refractivity contribution in [3.63, 3.8) is 0 Å². The van der Waals surface area contributed by atoms with Crippen LogP contribution < -0.4 is 0 Å². The van der Waals surface area contributed by atoms with Crippen LogP contribution in [0.4, 0.5) is 0 Å². The van der Waals surface area contributed by atoms with E-state index in [1.807, 2.05) is 6.92 Å². The van der Waals surface area contributed by atoms with Crippen LogP contribution in [0.25, 0.3) is 0 Å². The highest BCUT2D eigenvalue weighted by atomic mass is 32.2. The molecule has 3 nitrogen and oxygen atoms in total. The summed E-state index contributed by atoms with van der Waals surface area (Å²) in [4.78, 5) is -0.0394. The van der Waals surface area contributed by atoms with Gasteiger partial charge in [-0.2, -0.15) is 8.42 Å². The molecule has 1 N–H and O–H groups in total. The maximum atomic E-state index is 10.9. The third-order valence-electron chi connectivity index (χ3n) is 1.86. The van der Waals surface area contributed by atoms with Crippen molar-refractivity contribution in [2.75, 3.05) is 0 Å². The highest BCUT2D eigenvalue weighted by Gasteiger charge is 2.14. The van der Waals surface area contributed by atoms with Crippen LogP contribution in [0.3, 0.4) is 0 Å².